The highest BCUT2D eigenvalue weighted by Gasteiger charge is 2.39. The van der Waals surface area contributed by atoms with E-state index < -0.39 is 23.6 Å². The Morgan fingerprint density at radius 2 is 1.87 bits per heavy atom. The molecule has 8 nitrogen and oxygen atoms in total. The van der Waals surface area contributed by atoms with E-state index in [9.17, 15) is 19.1 Å². The first-order chi connectivity index (χ1) is 18.0. The number of urea groups is 1. The zero-order valence-electron chi connectivity index (χ0n) is 21.7. The average Bonchev–Trinajstić information content (AvgIpc) is 3.19. The van der Waals surface area contributed by atoms with Crippen molar-refractivity contribution in [3.05, 3.63) is 99.7 Å². The van der Waals surface area contributed by atoms with Crippen molar-refractivity contribution in [1.29, 1.82) is 0 Å². The molecule has 0 aliphatic heterocycles. The fourth-order valence-electron chi connectivity index (χ4n) is 5.21. The number of pyridine rings is 1. The molecule has 2 amide bonds. The van der Waals surface area contributed by atoms with Gasteiger partial charge in [-0.2, -0.15) is 5.10 Å². The van der Waals surface area contributed by atoms with Crippen LogP contribution in [0.2, 0.25) is 0 Å². The predicted molar refractivity (Wildman–Crippen MR) is 144 cm³/mol. The van der Waals surface area contributed by atoms with Crippen molar-refractivity contribution in [2.24, 2.45) is 7.05 Å². The smallest absolute Gasteiger partial charge is 0.320 e. The largest absolute Gasteiger partial charge is 0.391 e. The summed E-state index contributed by atoms with van der Waals surface area (Å²) in [6, 6.07) is 15.7. The van der Waals surface area contributed by atoms with Gasteiger partial charge in [0.2, 0.25) is 5.56 Å². The van der Waals surface area contributed by atoms with Gasteiger partial charge in [0, 0.05) is 30.4 Å². The number of aromatic nitrogens is 3. The Hall–Kier alpha value is -4.24. The Morgan fingerprint density at radius 3 is 2.58 bits per heavy atom. The van der Waals surface area contributed by atoms with E-state index in [4.69, 9.17) is 5.10 Å². The van der Waals surface area contributed by atoms with Crippen LogP contribution in [0.1, 0.15) is 43.0 Å². The summed E-state index contributed by atoms with van der Waals surface area (Å²) in [5.74, 6) is 0.0901. The van der Waals surface area contributed by atoms with Crippen LogP contribution in [0.25, 0.3) is 16.9 Å². The number of carbonyl (C=O) groups excluding carboxylic acids is 1. The minimum atomic E-state index is -0.852. The number of carbonyl (C=O) groups is 1. The van der Waals surface area contributed by atoms with Gasteiger partial charge in [0.05, 0.1) is 23.5 Å². The third-order valence-corrected chi connectivity index (χ3v) is 7.18. The van der Waals surface area contributed by atoms with Gasteiger partial charge in [0.1, 0.15) is 11.6 Å². The Morgan fingerprint density at radius 1 is 1.13 bits per heavy atom. The van der Waals surface area contributed by atoms with Gasteiger partial charge in [0.15, 0.2) is 0 Å². The molecule has 196 valence electrons. The number of rotatable bonds is 4. The minimum absolute atomic E-state index is 0.138. The number of nitrogens with one attached hydrogen (secondary N) is 2. The number of amides is 2. The van der Waals surface area contributed by atoms with Gasteiger partial charge in [-0.05, 0) is 60.2 Å². The fourth-order valence-corrected chi connectivity index (χ4v) is 5.21. The van der Waals surface area contributed by atoms with Crippen LogP contribution in [0.5, 0.6) is 0 Å². The molecule has 1 aliphatic carbocycles. The summed E-state index contributed by atoms with van der Waals surface area (Å²) in [5, 5.41) is 21.5. The van der Waals surface area contributed by atoms with Crippen molar-refractivity contribution < 1.29 is 14.3 Å². The van der Waals surface area contributed by atoms with Crippen LogP contribution in [0.4, 0.5) is 15.0 Å². The Bertz CT molecular complexity index is 1580. The van der Waals surface area contributed by atoms with Crippen LogP contribution in [-0.2, 0) is 12.5 Å². The van der Waals surface area contributed by atoms with Crippen molar-refractivity contribution in [2.45, 2.75) is 44.8 Å². The van der Waals surface area contributed by atoms with Crippen molar-refractivity contribution in [1.82, 2.24) is 19.7 Å². The fraction of sp³-hybridized carbons (Fsp3) is 0.276. The first-order valence-electron chi connectivity index (χ1n) is 12.4. The quantitative estimate of drug-likeness (QED) is 0.370. The third kappa shape index (κ3) is 4.61. The van der Waals surface area contributed by atoms with Gasteiger partial charge in [-0.1, -0.05) is 38.1 Å². The average molecular weight is 516 g/mol. The second-order valence-corrected chi connectivity index (χ2v) is 10.4. The second kappa shape index (κ2) is 9.57. The maximum absolute atomic E-state index is 14.1. The molecule has 3 N–H and O–H groups in total. The van der Waals surface area contributed by atoms with Gasteiger partial charge in [-0.3, -0.25) is 10.1 Å². The zero-order chi connectivity index (χ0) is 27.2. The summed E-state index contributed by atoms with van der Waals surface area (Å²) in [7, 11) is 1.67. The highest BCUT2D eigenvalue weighted by molar-refractivity contribution is 5.91. The van der Waals surface area contributed by atoms with Crippen LogP contribution in [0.3, 0.4) is 0 Å². The number of hydrogen-bond donors (Lipinski definition) is 3. The van der Waals surface area contributed by atoms with E-state index in [1.54, 1.807) is 30.1 Å². The van der Waals surface area contributed by atoms with Crippen LogP contribution in [-0.4, -0.2) is 31.6 Å². The number of halogens is 1. The number of anilines is 1. The molecule has 0 bridgehead atoms. The molecule has 38 heavy (non-hydrogen) atoms. The van der Waals surface area contributed by atoms with E-state index in [2.05, 4.69) is 10.6 Å². The van der Waals surface area contributed by atoms with Gasteiger partial charge < -0.3 is 15.0 Å². The number of fused-ring (bicyclic) bond motifs is 1. The predicted octanol–water partition coefficient (Wildman–Crippen LogP) is 4.59. The number of para-hydroxylation sites is 1. The second-order valence-electron chi connectivity index (χ2n) is 10.4. The van der Waals surface area contributed by atoms with E-state index in [1.807, 2.05) is 51.1 Å². The monoisotopic (exact) mass is 515 g/mol. The van der Waals surface area contributed by atoms with Crippen molar-refractivity contribution in [3.8, 4) is 16.9 Å². The minimum Gasteiger partial charge on any atom is -0.391 e. The maximum Gasteiger partial charge on any atom is 0.320 e. The molecule has 0 saturated carbocycles. The number of aryl methyl sites for hydroxylation is 1. The summed E-state index contributed by atoms with van der Waals surface area (Å²) in [5.41, 5.74) is 3.64. The number of benzene rings is 2. The van der Waals surface area contributed by atoms with Gasteiger partial charge in [0.25, 0.3) is 0 Å². The molecule has 1 unspecified atom stereocenters. The van der Waals surface area contributed by atoms with E-state index in [1.165, 1.54) is 22.8 Å². The molecule has 2 aromatic heterocycles. The number of aliphatic hydroxyl groups is 1. The first-order valence-corrected chi connectivity index (χ1v) is 12.4. The molecule has 0 radical (unpaired) electrons. The van der Waals surface area contributed by atoms with Crippen LogP contribution in [0.15, 0.2) is 71.7 Å². The summed E-state index contributed by atoms with van der Waals surface area (Å²) in [4.78, 5) is 25.3. The van der Waals surface area contributed by atoms with Gasteiger partial charge >= 0.3 is 6.03 Å². The molecule has 0 saturated heterocycles. The maximum atomic E-state index is 14.1. The molecule has 5 rings (SSSR count). The lowest BCUT2D eigenvalue weighted by molar-refractivity contribution is 0.0881. The molecular formula is C29H30FN5O3. The van der Waals surface area contributed by atoms with Crippen LogP contribution >= 0.6 is 0 Å². The summed E-state index contributed by atoms with van der Waals surface area (Å²) in [6.07, 6.45) is 1.22. The lowest BCUT2D eigenvalue weighted by Crippen LogP contribution is -2.45. The molecule has 0 spiro atoms. The van der Waals surface area contributed by atoms with E-state index in [0.29, 0.717) is 29.1 Å². The molecule has 2 atom stereocenters. The SMILES string of the molecule is Cc1c(-c2ccc(=O)n(C)c2)nn(-c2ccccc2)c1NC(=O)N[C@@H]1c2ccc(F)cc2C(C)(C)CC1O. The van der Waals surface area contributed by atoms with E-state index in [0.717, 1.165) is 16.8 Å². The Kier molecular flexibility index (Phi) is 6.40. The highest BCUT2D eigenvalue weighted by Crippen LogP contribution is 2.42. The third-order valence-electron chi connectivity index (χ3n) is 7.18. The van der Waals surface area contributed by atoms with E-state index in [-0.39, 0.29) is 11.4 Å². The molecule has 0 fully saturated rings. The number of nitrogens with zero attached hydrogens (tertiary/aromatic N) is 3. The molecule has 4 aromatic rings. The van der Waals surface area contributed by atoms with Crippen molar-refractivity contribution >= 4 is 11.8 Å². The topological polar surface area (TPSA) is 101 Å². The molecular weight excluding hydrogens is 485 g/mol. The Balaban J connectivity index is 1.51. The van der Waals surface area contributed by atoms with Gasteiger partial charge in [-0.25, -0.2) is 13.9 Å². The molecule has 1 aliphatic rings. The molecule has 2 heterocycles. The van der Waals surface area contributed by atoms with Crippen molar-refractivity contribution in [3.63, 3.8) is 0 Å². The molecule has 2 aromatic carbocycles. The summed E-state index contributed by atoms with van der Waals surface area (Å²) in [6.45, 7) is 5.75. The number of aliphatic hydroxyl groups excluding tert-OH is 1. The summed E-state index contributed by atoms with van der Waals surface area (Å²) < 4.78 is 17.2. The first kappa shape index (κ1) is 25.4. The van der Waals surface area contributed by atoms with Crippen LogP contribution < -0.4 is 16.2 Å². The normalized spacial score (nSPS) is 18.1. The van der Waals surface area contributed by atoms with Gasteiger partial charge in [-0.15, -0.1) is 0 Å². The lowest BCUT2D eigenvalue weighted by Gasteiger charge is -2.40. The molecule has 9 heteroatoms. The van der Waals surface area contributed by atoms with Crippen LogP contribution in [0, 0.1) is 12.7 Å². The standard InChI is InChI=1S/C29H30FN5O3/c1-17-25(18-10-13-24(37)34(4)16-18)33-35(20-8-6-5-7-9-20)27(17)32-28(38)31-26-21-12-11-19(30)14-22(21)29(2,3)15-23(26)36/h5-14,16,23,26,36H,15H2,1-4H3,(H2,31,32,38)/t23?,26-/m1/s1. The summed E-state index contributed by atoms with van der Waals surface area (Å²) >= 11 is 0. The van der Waals surface area contributed by atoms with E-state index >= 15 is 0 Å². The number of hydrogen-bond acceptors (Lipinski definition) is 4. The Labute approximate surface area is 219 Å². The highest BCUT2D eigenvalue weighted by atomic mass is 19.1. The van der Waals surface area contributed by atoms with Crippen molar-refractivity contribution in [2.75, 3.05) is 5.32 Å². The lowest BCUT2D eigenvalue weighted by atomic mass is 9.69. The zero-order valence-corrected chi connectivity index (χ0v) is 21.7.